The van der Waals surface area contributed by atoms with Gasteiger partial charge in [0.15, 0.2) is 0 Å². The molecule has 2 aliphatic rings. The van der Waals surface area contributed by atoms with Gasteiger partial charge in [-0.25, -0.2) is 0 Å². The summed E-state index contributed by atoms with van der Waals surface area (Å²) in [4.78, 5) is 23.0. The van der Waals surface area contributed by atoms with Gasteiger partial charge in [-0.1, -0.05) is 6.07 Å². The molecule has 1 atom stereocenters. The lowest BCUT2D eigenvalue weighted by Gasteiger charge is -2.13. The molecule has 1 aromatic rings. The van der Waals surface area contributed by atoms with Crippen molar-refractivity contribution in [2.75, 3.05) is 11.9 Å². The van der Waals surface area contributed by atoms with Crippen molar-refractivity contribution in [1.82, 2.24) is 5.32 Å². The highest BCUT2D eigenvalue weighted by atomic mass is 16.4. The van der Waals surface area contributed by atoms with Crippen molar-refractivity contribution in [1.29, 1.82) is 0 Å². The van der Waals surface area contributed by atoms with Gasteiger partial charge >= 0.3 is 5.97 Å². The standard InChI is InChI=1S/C16H20N2O3/c19-14(9-17-15(16(20)21)11-4-5-11)18-13-7-6-10-2-1-3-12(10)8-13/h6-8,11,15,17H,1-5,9H2,(H,18,19)(H,20,21). The molecule has 0 aliphatic heterocycles. The summed E-state index contributed by atoms with van der Waals surface area (Å²) in [5.74, 6) is -0.891. The van der Waals surface area contributed by atoms with Crippen molar-refractivity contribution in [3.8, 4) is 0 Å². The van der Waals surface area contributed by atoms with Gasteiger partial charge in [0.2, 0.25) is 5.91 Å². The van der Waals surface area contributed by atoms with E-state index in [9.17, 15) is 9.59 Å². The number of aryl methyl sites for hydroxylation is 2. The van der Waals surface area contributed by atoms with Gasteiger partial charge in [0, 0.05) is 5.69 Å². The molecule has 0 aromatic heterocycles. The maximum absolute atomic E-state index is 11.9. The smallest absolute Gasteiger partial charge is 0.320 e. The van der Waals surface area contributed by atoms with Gasteiger partial charge < -0.3 is 10.4 Å². The Bertz CT molecular complexity index is 567. The Kier molecular flexibility index (Phi) is 3.92. The van der Waals surface area contributed by atoms with E-state index in [1.165, 1.54) is 17.5 Å². The van der Waals surface area contributed by atoms with Crippen LogP contribution in [0.1, 0.15) is 30.4 Å². The van der Waals surface area contributed by atoms with Crippen LogP contribution in [0.4, 0.5) is 5.69 Å². The molecule has 0 saturated heterocycles. The van der Waals surface area contributed by atoms with Gasteiger partial charge in [-0.3, -0.25) is 14.9 Å². The van der Waals surface area contributed by atoms with E-state index in [1.54, 1.807) is 0 Å². The molecule has 5 nitrogen and oxygen atoms in total. The maximum atomic E-state index is 11.9. The Balaban J connectivity index is 1.53. The topological polar surface area (TPSA) is 78.4 Å². The van der Waals surface area contributed by atoms with Gasteiger partial charge in [0.25, 0.3) is 0 Å². The zero-order chi connectivity index (χ0) is 14.8. The Morgan fingerprint density at radius 2 is 2.00 bits per heavy atom. The van der Waals surface area contributed by atoms with Crippen molar-refractivity contribution in [2.24, 2.45) is 5.92 Å². The van der Waals surface area contributed by atoms with Gasteiger partial charge in [-0.05, 0) is 61.3 Å². The van der Waals surface area contributed by atoms with E-state index in [-0.39, 0.29) is 18.4 Å². The second kappa shape index (κ2) is 5.85. The summed E-state index contributed by atoms with van der Waals surface area (Å²) in [6, 6.07) is 5.40. The highest BCUT2D eigenvalue weighted by Crippen LogP contribution is 2.32. The fourth-order valence-electron chi connectivity index (χ4n) is 2.94. The number of amides is 1. The van der Waals surface area contributed by atoms with E-state index >= 15 is 0 Å². The Labute approximate surface area is 123 Å². The minimum absolute atomic E-state index is 0.0323. The molecule has 1 unspecified atom stereocenters. The molecule has 1 aromatic carbocycles. The average Bonchev–Trinajstić information content (AvgIpc) is 3.16. The fourth-order valence-corrected chi connectivity index (χ4v) is 2.94. The van der Waals surface area contributed by atoms with Crippen LogP contribution in [-0.2, 0) is 22.4 Å². The highest BCUT2D eigenvalue weighted by molar-refractivity contribution is 5.92. The van der Waals surface area contributed by atoms with Crippen molar-refractivity contribution in [3.63, 3.8) is 0 Å². The third-order valence-corrected chi connectivity index (χ3v) is 4.22. The van der Waals surface area contributed by atoms with Crippen LogP contribution in [0.25, 0.3) is 0 Å². The zero-order valence-corrected chi connectivity index (χ0v) is 11.9. The summed E-state index contributed by atoms with van der Waals surface area (Å²) in [7, 11) is 0. The number of benzene rings is 1. The van der Waals surface area contributed by atoms with Gasteiger partial charge in [0.1, 0.15) is 6.04 Å². The van der Waals surface area contributed by atoms with Crippen molar-refractivity contribution in [3.05, 3.63) is 29.3 Å². The van der Waals surface area contributed by atoms with E-state index in [1.807, 2.05) is 12.1 Å². The largest absolute Gasteiger partial charge is 0.480 e. The number of nitrogens with one attached hydrogen (secondary N) is 2. The summed E-state index contributed by atoms with van der Waals surface area (Å²) in [5.41, 5.74) is 3.47. The molecule has 1 amide bonds. The van der Waals surface area contributed by atoms with Crippen molar-refractivity contribution < 1.29 is 14.7 Å². The lowest BCUT2D eigenvalue weighted by Crippen LogP contribution is -2.42. The zero-order valence-electron chi connectivity index (χ0n) is 11.9. The number of fused-ring (bicyclic) bond motifs is 1. The molecular weight excluding hydrogens is 268 g/mol. The second-order valence-corrected chi connectivity index (χ2v) is 5.92. The van der Waals surface area contributed by atoms with Gasteiger partial charge in [-0.2, -0.15) is 0 Å². The summed E-state index contributed by atoms with van der Waals surface area (Å²) in [5, 5.41) is 14.8. The molecule has 21 heavy (non-hydrogen) atoms. The van der Waals surface area contributed by atoms with Gasteiger partial charge in [0.05, 0.1) is 6.54 Å². The molecule has 0 heterocycles. The fraction of sp³-hybridized carbons (Fsp3) is 0.500. The van der Waals surface area contributed by atoms with Crippen LogP contribution in [0.15, 0.2) is 18.2 Å². The molecule has 112 valence electrons. The van der Waals surface area contributed by atoms with E-state index in [0.29, 0.717) is 0 Å². The number of anilines is 1. The molecule has 1 fully saturated rings. The van der Waals surface area contributed by atoms with Crippen LogP contribution >= 0.6 is 0 Å². The average molecular weight is 288 g/mol. The Morgan fingerprint density at radius 1 is 1.24 bits per heavy atom. The van der Waals surface area contributed by atoms with Crippen molar-refractivity contribution in [2.45, 2.75) is 38.1 Å². The van der Waals surface area contributed by atoms with Gasteiger partial charge in [-0.15, -0.1) is 0 Å². The molecule has 3 rings (SSSR count). The first kappa shape index (κ1) is 14.1. The predicted octanol–water partition coefficient (Wildman–Crippen LogP) is 1.57. The van der Waals surface area contributed by atoms with Crippen LogP contribution < -0.4 is 10.6 Å². The Hall–Kier alpha value is -1.88. The van der Waals surface area contributed by atoms with E-state index in [2.05, 4.69) is 16.7 Å². The molecule has 0 spiro atoms. The predicted molar refractivity (Wildman–Crippen MR) is 79.2 cm³/mol. The first-order chi connectivity index (χ1) is 10.1. The molecule has 1 saturated carbocycles. The highest BCUT2D eigenvalue weighted by Gasteiger charge is 2.36. The lowest BCUT2D eigenvalue weighted by atomic mass is 10.1. The monoisotopic (exact) mass is 288 g/mol. The number of hydrogen-bond donors (Lipinski definition) is 3. The summed E-state index contributed by atoms with van der Waals surface area (Å²) in [6.07, 6.45) is 5.22. The minimum Gasteiger partial charge on any atom is -0.480 e. The third-order valence-electron chi connectivity index (χ3n) is 4.22. The van der Waals surface area contributed by atoms with Crippen LogP contribution in [0.5, 0.6) is 0 Å². The molecule has 0 radical (unpaired) electrons. The number of carbonyl (C=O) groups is 2. The van der Waals surface area contributed by atoms with E-state index < -0.39 is 12.0 Å². The number of carbonyl (C=O) groups excluding carboxylic acids is 1. The molecule has 2 aliphatic carbocycles. The SMILES string of the molecule is O=C(CNC(C(=O)O)C1CC1)Nc1ccc2c(c1)CCC2. The summed E-state index contributed by atoms with van der Waals surface area (Å²) >= 11 is 0. The maximum Gasteiger partial charge on any atom is 0.320 e. The number of carboxylic acid groups (broad SMARTS) is 1. The summed E-state index contributed by atoms with van der Waals surface area (Å²) < 4.78 is 0. The van der Waals surface area contributed by atoms with Crippen LogP contribution in [0.3, 0.4) is 0 Å². The number of aliphatic carboxylic acids is 1. The minimum atomic E-state index is -0.872. The quantitative estimate of drug-likeness (QED) is 0.742. The normalized spacial score (nSPS) is 18.1. The molecular formula is C16H20N2O3. The van der Waals surface area contributed by atoms with Crippen LogP contribution in [-0.4, -0.2) is 29.6 Å². The van der Waals surface area contributed by atoms with E-state index in [4.69, 9.17) is 5.11 Å². The van der Waals surface area contributed by atoms with Crippen molar-refractivity contribution >= 4 is 17.6 Å². The molecule has 3 N–H and O–H groups in total. The first-order valence-corrected chi connectivity index (χ1v) is 7.51. The van der Waals surface area contributed by atoms with Crippen LogP contribution in [0.2, 0.25) is 0 Å². The first-order valence-electron chi connectivity index (χ1n) is 7.51. The van der Waals surface area contributed by atoms with E-state index in [0.717, 1.165) is 31.4 Å². The number of rotatable bonds is 6. The molecule has 5 heteroatoms. The van der Waals surface area contributed by atoms with Crippen LogP contribution in [0, 0.1) is 5.92 Å². The number of carboxylic acids is 1. The third kappa shape index (κ3) is 3.42. The molecule has 0 bridgehead atoms. The number of hydrogen-bond acceptors (Lipinski definition) is 3. The Morgan fingerprint density at radius 3 is 2.71 bits per heavy atom. The second-order valence-electron chi connectivity index (χ2n) is 5.92. The lowest BCUT2D eigenvalue weighted by molar-refractivity contribution is -0.140. The summed E-state index contributed by atoms with van der Waals surface area (Å²) in [6.45, 7) is 0.0323.